The first-order chi connectivity index (χ1) is 6.15. The van der Waals surface area contributed by atoms with E-state index in [9.17, 15) is 4.79 Å². The van der Waals surface area contributed by atoms with E-state index in [0.29, 0.717) is 11.4 Å². The molecule has 1 rings (SSSR count). The van der Waals surface area contributed by atoms with Gasteiger partial charge in [0.1, 0.15) is 0 Å². The van der Waals surface area contributed by atoms with Crippen LogP contribution in [0.25, 0.3) is 6.08 Å². The Bertz CT molecular complexity index is 345. The molecule has 0 aromatic heterocycles. The lowest BCUT2D eigenvalue weighted by atomic mass is 10.1. The number of rotatable bonds is 2. The number of nitrogen functional groups attached to an aromatic ring is 1. The van der Waals surface area contributed by atoms with Gasteiger partial charge in [-0.3, -0.25) is 4.79 Å². The summed E-state index contributed by atoms with van der Waals surface area (Å²) in [5.74, 6) is -0.117. The maximum absolute atomic E-state index is 10.8. The summed E-state index contributed by atoms with van der Waals surface area (Å²) < 4.78 is 0. The number of nitrogens with two attached hydrogens (primary N) is 1. The van der Waals surface area contributed by atoms with Crippen molar-refractivity contribution < 1.29 is 4.79 Å². The Balaban J connectivity index is 3.12. The van der Waals surface area contributed by atoms with Gasteiger partial charge in [0, 0.05) is 23.9 Å². The van der Waals surface area contributed by atoms with Crippen LogP contribution in [0, 0.1) is 0 Å². The van der Waals surface area contributed by atoms with Gasteiger partial charge in [0.05, 0.1) is 0 Å². The fourth-order valence-corrected chi connectivity index (χ4v) is 1.11. The molecule has 68 valence electrons. The summed E-state index contributed by atoms with van der Waals surface area (Å²) in [7, 11) is 0. The van der Waals surface area contributed by atoms with E-state index in [1.54, 1.807) is 24.3 Å². The fraction of sp³-hybridized carbons (Fsp3) is 0.100. The first-order valence-corrected chi connectivity index (χ1v) is 3.93. The van der Waals surface area contributed by atoms with Gasteiger partial charge in [-0.15, -0.1) is 0 Å². The number of carbonyl (C=O) groups is 1. The lowest BCUT2D eigenvalue weighted by molar-refractivity contribution is -0.114. The highest BCUT2D eigenvalue weighted by atomic mass is 16.1. The summed E-state index contributed by atoms with van der Waals surface area (Å²) in [6.07, 6.45) is 1.63. The molecule has 0 fully saturated rings. The number of hydrogen-bond donors (Lipinski definition) is 2. The minimum absolute atomic E-state index is 0.117. The van der Waals surface area contributed by atoms with Gasteiger partial charge in [-0.25, -0.2) is 0 Å². The van der Waals surface area contributed by atoms with Crippen molar-refractivity contribution >= 4 is 23.4 Å². The molecule has 1 aromatic rings. The molecule has 0 aliphatic heterocycles. The van der Waals surface area contributed by atoms with Crippen LogP contribution in [0.1, 0.15) is 12.5 Å². The summed E-state index contributed by atoms with van der Waals surface area (Å²) in [5, 5.41) is 2.67. The minimum atomic E-state index is -0.117. The van der Waals surface area contributed by atoms with Crippen LogP contribution in [-0.2, 0) is 4.79 Å². The van der Waals surface area contributed by atoms with Crippen molar-refractivity contribution in [2.75, 3.05) is 11.1 Å². The highest BCUT2D eigenvalue weighted by Crippen LogP contribution is 2.22. The zero-order chi connectivity index (χ0) is 9.84. The van der Waals surface area contributed by atoms with Crippen LogP contribution in [0.3, 0.4) is 0 Å². The summed E-state index contributed by atoms with van der Waals surface area (Å²) in [5.41, 5.74) is 7.76. The third kappa shape index (κ3) is 2.08. The van der Waals surface area contributed by atoms with Crippen LogP contribution < -0.4 is 11.1 Å². The van der Waals surface area contributed by atoms with Crippen molar-refractivity contribution in [2.45, 2.75) is 6.92 Å². The van der Waals surface area contributed by atoms with E-state index < -0.39 is 0 Å². The van der Waals surface area contributed by atoms with Gasteiger partial charge in [0.2, 0.25) is 5.91 Å². The van der Waals surface area contributed by atoms with Crippen molar-refractivity contribution in [1.29, 1.82) is 0 Å². The summed E-state index contributed by atoms with van der Waals surface area (Å²) in [4.78, 5) is 10.8. The number of anilines is 2. The Hall–Kier alpha value is -1.77. The molecule has 1 amide bonds. The quantitative estimate of drug-likeness (QED) is 0.676. The molecule has 0 aliphatic rings. The van der Waals surface area contributed by atoms with E-state index in [-0.39, 0.29) is 5.91 Å². The number of nitrogens with one attached hydrogen (secondary N) is 1. The molecule has 1 aromatic carbocycles. The van der Waals surface area contributed by atoms with Crippen LogP contribution in [-0.4, -0.2) is 5.91 Å². The Kier molecular flexibility index (Phi) is 2.69. The Morgan fingerprint density at radius 2 is 2.31 bits per heavy atom. The predicted octanol–water partition coefficient (Wildman–Crippen LogP) is 1.87. The van der Waals surface area contributed by atoms with Gasteiger partial charge < -0.3 is 11.1 Å². The van der Waals surface area contributed by atoms with E-state index in [0.717, 1.165) is 5.56 Å². The monoisotopic (exact) mass is 176 g/mol. The molecule has 0 heterocycles. The molecular weight excluding hydrogens is 164 g/mol. The van der Waals surface area contributed by atoms with Gasteiger partial charge in [0.25, 0.3) is 0 Å². The second-order valence-corrected chi connectivity index (χ2v) is 2.69. The molecule has 3 N–H and O–H groups in total. The average Bonchev–Trinajstić information content (AvgIpc) is 2.03. The molecule has 0 saturated carbocycles. The standard InChI is InChI=1S/C10H12N2O/c1-3-8-9(11)5-4-6-10(8)12-7(2)13/h3-6H,1,11H2,2H3,(H,12,13). The van der Waals surface area contributed by atoms with Gasteiger partial charge in [0.15, 0.2) is 0 Å². The average molecular weight is 176 g/mol. The van der Waals surface area contributed by atoms with Crippen LogP contribution in [0.5, 0.6) is 0 Å². The molecular formula is C10H12N2O. The van der Waals surface area contributed by atoms with Crippen molar-refractivity contribution in [2.24, 2.45) is 0 Å². The smallest absolute Gasteiger partial charge is 0.221 e. The van der Waals surface area contributed by atoms with Gasteiger partial charge in [-0.2, -0.15) is 0 Å². The second kappa shape index (κ2) is 3.76. The molecule has 0 spiro atoms. The lowest BCUT2D eigenvalue weighted by Crippen LogP contribution is -2.07. The van der Waals surface area contributed by atoms with Crippen molar-refractivity contribution in [3.8, 4) is 0 Å². The number of benzene rings is 1. The predicted molar refractivity (Wildman–Crippen MR) is 55.2 cm³/mol. The number of amides is 1. The zero-order valence-electron chi connectivity index (χ0n) is 7.50. The minimum Gasteiger partial charge on any atom is -0.398 e. The highest BCUT2D eigenvalue weighted by molar-refractivity contribution is 5.92. The third-order valence-corrected chi connectivity index (χ3v) is 1.65. The summed E-state index contributed by atoms with van der Waals surface area (Å²) >= 11 is 0. The van der Waals surface area contributed by atoms with E-state index in [2.05, 4.69) is 11.9 Å². The van der Waals surface area contributed by atoms with Crippen molar-refractivity contribution in [1.82, 2.24) is 0 Å². The Morgan fingerprint density at radius 1 is 1.62 bits per heavy atom. The molecule has 3 heteroatoms. The third-order valence-electron chi connectivity index (χ3n) is 1.65. The van der Waals surface area contributed by atoms with Crippen LogP contribution >= 0.6 is 0 Å². The van der Waals surface area contributed by atoms with Crippen LogP contribution in [0.2, 0.25) is 0 Å². The van der Waals surface area contributed by atoms with Gasteiger partial charge >= 0.3 is 0 Å². The molecule has 0 atom stereocenters. The first-order valence-electron chi connectivity index (χ1n) is 3.93. The fourth-order valence-electron chi connectivity index (χ4n) is 1.11. The lowest BCUT2D eigenvalue weighted by Gasteiger charge is -2.08. The Labute approximate surface area is 77.3 Å². The largest absolute Gasteiger partial charge is 0.398 e. The second-order valence-electron chi connectivity index (χ2n) is 2.69. The molecule has 0 radical (unpaired) electrons. The molecule has 13 heavy (non-hydrogen) atoms. The number of hydrogen-bond acceptors (Lipinski definition) is 2. The van der Waals surface area contributed by atoms with E-state index >= 15 is 0 Å². The maximum atomic E-state index is 10.8. The zero-order valence-corrected chi connectivity index (χ0v) is 7.50. The molecule has 0 bridgehead atoms. The van der Waals surface area contributed by atoms with Gasteiger partial charge in [-0.05, 0) is 12.1 Å². The van der Waals surface area contributed by atoms with Gasteiger partial charge in [-0.1, -0.05) is 18.7 Å². The summed E-state index contributed by atoms with van der Waals surface area (Å²) in [6, 6.07) is 5.34. The SMILES string of the molecule is C=Cc1c(N)cccc1NC(C)=O. The molecule has 3 nitrogen and oxygen atoms in total. The van der Waals surface area contributed by atoms with Crippen molar-refractivity contribution in [3.63, 3.8) is 0 Å². The Morgan fingerprint density at radius 3 is 2.85 bits per heavy atom. The summed E-state index contributed by atoms with van der Waals surface area (Å²) in [6.45, 7) is 5.08. The van der Waals surface area contributed by atoms with E-state index in [4.69, 9.17) is 5.73 Å². The molecule has 0 aliphatic carbocycles. The first kappa shape index (κ1) is 9.32. The van der Waals surface area contributed by atoms with Crippen LogP contribution in [0.4, 0.5) is 11.4 Å². The van der Waals surface area contributed by atoms with E-state index in [1.165, 1.54) is 6.92 Å². The highest BCUT2D eigenvalue weighted by Gasteiger charge is 2.02. The normalized spacial score (nSPS) is 9.31. The topological polar surface area (TPSA) is 55.1 Å². The maximum Gasteiger partial charge on any atom is 0.221 e. The molecule has 0 saturated heterocycles. The molecule has 0 unspecified atom stereocenters. The van der Waals surface area contributed by atoms with Crippen LogP contribution in [0.15, 0.2) is 24.8 Å². The van der Waals surface area contributed by atoms with Crippen molar-refractivity contribution in [3.05, 3.63) is 30.3 Å². The van der Waals surface area contributed by atoms with E-state index in [1.807, 2.05) is 0 Å². The number of carbonyl (C=O) groups excluding carboxylic acids is 1.